The van der Waals surface area contributed by atoms with Crippen LogP contribution in [-0.2, 0) is 10.0 Å². The first-order chi connectivity index (χ1) is 8.62. The fraction of sp³-hybridized carbons (Fsp3) is 0.538. The van der Waals surface area contributed by atoms with Gasteiger partial charge in [-0.2, -0.15) is 0 Å². The molecule has 1 aliphatic rings. The van der Waals surface area contributed by atoms with Crippen molar-refractivity contribution in [2.24, 2.45) is 0 Å². The number of anilines is 1. The van der Waals surface area contributed by atoms with Crippen LogP contribution >= 0.6 is 0 Å². The van der Waals surface area contributed by atoms with Crippen molar-refractivity contribution in [3.05, 3.63) is 24.3 Å². The Bertz CT molecular complexity index is 478. The quantitative estimate of drug-likeness (QED) is 0.832. The van der Waals surface area contributed by atoms with Crippen molar-refractivity contribution in [2.75, 3.05) is 11.9 Å². The lowest BCUT2D eigenvalue weighted by Crippen LogP contribution is -2.27. The average Bonchev–Trinajstić information content (AvgIpc) is 2.32. The number of hydrogen-bond acceptors (Lipinski definition) is 3. The van der Waals surface area contributed by atoms with E-state index < -0.39 is 10.0 Å². The van der Waals surface area contributed by atoms with Crippen LogP contribution in [-0.4, -0.2) is 21.0 Å². The van der Waals surface area contributed by atoms with Gasteiger partial charge in [0.2, 0.25) is 10.0 Å². The van der Waals surface area contributed by atoms with Crippen molar-refractivity contribution in [2.45, 2.75) is 43.5 Å². The first kappa shape index (κ1) is 13.4. The van der Waals surface area contributed by atoms with E-state index in [1.54, 1.807) is 12.1 Å². The first-order valence-electron chi connectivity index (χ1n) is 6.48. The molecule has 0 spiro atoms. The summed E-state index contributed by atoms with van der Waals surface area (Å²) in [6.45, 7) is 2.42. The Hall–Kier alpha value is -1.07. The highest BCUT2D eigenvalue weighted by molar-refractivity contribution is 7.89. The minimum atomic E-state index is -3.34. The number of rotatable bonds is 6. The number of hydrogen-bond donors (Lipinski definition) is 2. The molecule has 5 heteroatoms. The second-order valence-electron chi connectivity index (χ2n) is 4.69. The first-order valence-corrected chi connectivity index (χ1v) is 7.96. The summed E-state index contributed by atoms with van der Waals surface area (Å²) in [4.78, 5) is 0.329. The van der Waals surface area contributed by atoms with Crippen LogP contribution in [0.2, 0.25) is 0 Å². The predicted octanol–water partition coefficient (Wildman–Crippen LogP) is 2.34. The summed E-state index contributed by atoms with van der Waals surface area (Å²) < 4.78 is 26.3. The molecular weight excluding hydrogens is 248 g/mol. The lowest BCUT2D eigenvalue weighted by Gasteiger charge is -2.27. The summed E-state index contributed by atoms with van der Waals surface area (Å²) >= 11 is 0. The Morgan fingerprint density at radius 3 is 2.39 bits per heavy atom. The van der Waals surface area contributed by atoms with Gasteiger partial charge in [-0.25, -0.2) is 13.1 Å². The van der Waals surface area contributed by atoms with Crippen LogP contribution in [0.1, 0.15) is 32.6 Å². The molecule has 1 aromatic rings. The molecule has 0 atom stereocenters. The Labute approximate surface area is 109 Å². The molecule has 0 aliphatic heterocycles. The van der Waals surface area contributed by atoms with E-state index in [1.807, 2.05) is 19.1 Å². The maximum atomic E-state index is 11.9. The molecule has 1 saturated carbocycles. The highest BCUT2D eigenvalue weighted by Gasteiger charge is 2.17. The zero-order valence-corrected chi connectivity index (χ0v) is 11.5. The smallest absolute Gasteiger partial charge is 0.240 e. The van der Waals surface area contributed by atoms with E-state index in [0.717, 1.165) is 12.1 Å². The molecule has 0 radical (unpaired) electrons. The summed E-state index contributed by atoms with van der Waals surface area (Å²) in [6.07, 6.45) is 4.49. The van der Waals surface area contributed by atoms with Crippen molar-refractivity contribution in [3.63, 3.8) is 0 Å². The van der Waals surface area contributed by atoms with Crippen molar-refractivity contribution in [3.8, 4) is 0 Å². The largest absolute Gasteiger partial charge is 0.382 e. The van der Waals surface area contributed by atoms with Gasteiger partial charge in [-0.05, 0) is 49.9 Å². The van der Waals surface area contributed by atoms with Gasteiger partial charge in [-0.1, -0.05) is 6.92 Å². The standard InChI is InChI=1S/C13H20N2O2S/c1-2-10-14-18(16,17)13-8-6-12(7-9-13)15-11-4-3-5-11/h6-9,11,14-15H,2-5,10H2,1H3. The SMILES string of the molecule is CCCNS(=O)(=O)c1ccc(NC2CCC2)cc1. The Balaban J connectivity index is 2.01. The normalized spacial score (nSPS) is 16.3. The fourth-order valence-electron chi connectivity index (χ4n) is 1.84. The maximum absolute atomic E-state index is 11.9. The zero-order chi connectivity index (χ0) is 13.0. The van der Waals surface area contributed by atoms with Gasteiger partial charge >= 0.3 is 0 Å². The highest BCUT2D eigenvalue weighted by atomic mass is 32.2. The summed E-state index contributed by atoms with van der Waals surface area (Å²) in [6, 6.07) is 7.53. The lowest BCUT2D eigenvalue weighted by molar-refractivity contribution is 0.445. The van der Waals surface area contributed by atoms with Gasteiger partial charge in [0.05, 0.1) is 4.90 Å². The molecule has 0 bridgehead atoms. The van der Waals surface area contributed by atoms with Gasteiger partial charge in [-0.15, -0.1) is 0 Å². The van der Waals surface area contributed by atoms with Gasteiger partial charge in [0.1, 0.15) is 0 Å². The molecule has 1 fully saturated rings. The molecule has 0 heterocycles. The molecule has 0 saturated heterocycles. The molecule has 100 valence electrons. The lowest BCUT2D eigenvalue weighted by atomic mass is 9.93. The molecular formula is C13H20N2O2S. The monoisotopic (exact) mass is 268 g/mol. The van der Waals surface area contributed by atoms with E-state index in [4.69, 9.17) is 0 Å². The number of benzene rings is 1. The molecule has 0 unspecified atom stereocenters. The van der Waals surface area contributed by atoms with E-state index in [0.29, 0.717) is 17.5 Å². The van der Waals surface area contributed by atoms with Gasteiger partial charge in [0.15, 0.2) is 0 Å². The molecule has 1 aliphatic carbocycles. The Morgan fingerprint density at radius 1 is 1.22 bits per heavy atom. The summed E-state index contributed by atoms with van der Waals surface area (Å²) in [5.74, 6) is 0. The predicted molar refractivity (Wildman–Crippen MR) is 73.2 cm³/mol. The van der Waals surface area contributed by atoms with E-state index >= 15 is 0 Å². The fourth-order valence-corrected chi connectivity index (χ4v) is 2.97. The van der Waals surface area contributed by atoms with Crippen molar-refractivity contribution in [1.29, 1.82) is 0 Å². The Kier molecular flexibility index (Phi) is 4.24. The van der Waals surface area contributed by atoms with Gasteiger partial charge in [0, 0.05) is 18.3 Å². The molecule has 0 amide bonds. The minimum Gasteiger partial charge on any atom is -0.382 e. The van der Waals surface area contributed by atoms with Crippen molar-refractivity contribution >= 4 is 15.7 Å². The average molecular weight is 268 g/mol. The third-order valence-electron chi connectivity index (χ3n) is 3.18. The number of sulfonamides is 1. The summed E-state index contributed by atoms with van der Waals surface area (Å²) in [7, 11) is -3.34. The van der Waals surface area contributed by atoms with Crippen LogP contribution in [0.15, 0.2) is 29.2 Å². The van der Waals surface area contributed by atoms with Gasteiger partial charge in [0.25, 0.3) is 0 Å². The van der Waals surface area contributed by atoms with Crippen LogP contribution in [0.4, 0.5) is 5.69 Å². The molecule has 2 rings (SSSR count). The third kappa shape index (κ3) is 3.23. The van der Waals surface area contributed by atoms with Crippen LogP contribution in [0.5, 0.6) is 0 Å². The van der Waals surface area contributed by atoms with Crippen LogP contribution in [0, 0.1) is 0 Å². The molecule has 0 aromatic heterocycles. The molecule has 4 nitrogen and oxygen atoms in total. The van der Waals surface area contributed by atoms with E-state index in [-0.39, 0.29) is 0 Å². The third-order valence-corrected chi connectivity index (χ3v) is 4.66. The van der Waals surface area contributed by atoms with Gasteiger partial charge in [-0.3, -0.25) is 0 Å². The van der Waals surface area contributed by atoms with Crippen LogP contribution in [0.3, 0.4) is 0 Å². The molecule has 18 heavy (non-hydrogen) atoms. The highest BCUT2D eigenvalue weighted by Crippen LogP contribution is 2.23. The van der Waals surface area contributed by atoms with Gasteiger partial charge < -0.3 is 5.32 Å². The molecule has 1 aromatic carbocycles. The van der Waals surface area contributed by atoms with Crippen LogP contribution in [0.25, 0.3) is 0 Å². The summed E-state index contributed by atoms with van der Waals surface area (Å²) in [5.41, 5.74) is 0.995. The maximum Gasteiger partial charge on any atom is 0.240 e. The van der Waals surface area contributed by atoms with E-state index in [9.17, 15) is 8.42 Å². The second kappa shape index (κ2) is 5.71. The minimum absolute atomic E-state index is 0.329. The zero-order valence-electron chi connectivity index (χ0n) is 10.6. The van der Waals surface area contributed by atoms with Crippen LogP contribution < -0.4 is 10.0 Å². The topological polar surface area (TPSA) is 58.2 Å². The van der Waals surface area contributed by atoms with Crippen molar-refractivity contribution < 1.29 is 8.42 Å². The second-order valence-corrected chi connectivity index (χ2v) is 6.46. The number of nitrogens with one attached hydrogen (secondary N) is 2. The Morgan fingerprint density at radius 2 is 1.89 bits per heavy atom. The van der Waals surface area contributed by atoms with E-state index in [2.05, 4.69) is 10.0 Å². The molecule has 2 N–H and O–H groups in total. The van der Waals surface area contributed by atoms with E-state index in [1.165, 1.54) is 19.3 Å². The summed E-state index contributed by atoms with van der Waals surface area (Å²) in [5, 5.41) is 3.38. The van der Waals surface area contributed by atoms with Crippen molar-refractivity contribution in [1.82, 2.24) is 4.72 Å².